The van der Waals surface area contributed by atoms with Crippen LogP contribution in [0.2, 0.25) is 0 Å². The molecule has 3 heterocycles. The van der Waals surface area contributed by atoms with Gasteiger partial charge in [-0.2, -0.15) is 0 Å². The second-order valence-corrected chi connectivity index (χ2v) is 4.53. The van der Waals surface area contributed by atoms with Crippen LogP contribution < -0.4 is 0 Å². The van der Waals surface area contributed by atoms with E-state index in [0.29, 0.717) is 16.7 Å². The molecule has 0 amide bonds. The van der Waals surface area contributed by atoms with Gasteiger partial charge in [-0.05, 0) is 18.2 Å². The van der Waals surface area contributed by atoms with Crippen LogP contribution in [0.15, 0.2) is 48.8 Å². The number of benzene rings is 1. The number of fused-ring (bicyclic) bond motifs is 5. The Morgan fingerprint density at radius 1 is 1.00 bits per heavy atom. The predicted octanol–water partition coefficient (Wildman–Crippen LogP) is 3.26. The maximum Gasteiger partial charge on any atom is 0.416 e. The van der Waals surface area contributed by atoms with Crippen molar-refractivity contribution in [2.45, 2.75) is 0 Å². The molecule has 4 rings (SSSR count). The number of pyridine rings is 2. The summed E-state index contributed by atoms with van der Waals surface area (Å²) in [5.74, 6) is 0. The van der Waals surface area contributed by atoms with Crippen LogP contribution in [0.25, 0.3) is 32.8 Å². The Balaban J connectivity index is 2.39. The van der Waals surface area contributed by atoms with Gasteiger partial charge in [0.25, 0.3) is 0 Å². The number of nitrogens with zero attached hydrogens (tertiary/aromatic N) is 3. The van der Waals surface area contributed by atoms with Crippen LogP contribution in [0.3, 0.4) is 0 Å². The summed E-state index contributed by atoms with van der Waals surface area (Å²) in [6.45, 7) is 0. The summed E-state index contributed by atoms with van der Waals surface area (Å²) in [4.78, 5) is 20.0. The summed E-state index contributed by atoms with van der Waals surface area (Å²) in [7, 11) is 0. The minimum absolute atomic E-state index is 0.583. The van der Waals surface area contributed by atoms with Crippen LogP contribution in [0.4, 0.5) is 4.79 Å². The third kappa shape index (κ3) is 1.29. The second kappa shape index (κ2) is 3.77. The maximum atomic E-state index is 11.5. The van der Waals surface area contributed by atoms with Gasteiger partial charge in [0.2, 0.25) is 0 Å². The lowest BCUT2D eigenvalue weighted by molar-refractivity contribution is 0.198. The van der Waals surface area contributed by atoms with Crippen LogP contribution in [-0.4, -0.2) is 25.7 Å². The number of aromatic nitrogens is 3. The van der Waals surface area contributed by atoms with Gasteiger partial charge in [0.05, 0.1) is 17.2 Å². The minimum Gasteiger partial charge on any atom is -0.464 e. The summed E-state index contributed by atoms with van der Waals surface area (Å²) < 4.78 is 1.27. The summed E-state index contributed by atoms with van der Waals surface area (Å²) in [6.07, 6.45) is 2.23. The Bertz CT molecular complexity index is 988. The Morgan fingerprint density at radius 3 is 2.65 bits per heavy atom. The third-order valence-corrected chi connectivity index (χ3v) is 3.47. The SMILES string of the molecule is O=C(O)n1c2ccccc2c2c3cccnc3ncc21. The fraction of sp³-hybridized carbons (Fsp3) is 0. The first-order valence-electron chi connectivity index (χ1n) is 6.13. The van der Waals surface area contributed by atoms with E-state index in [0.717, 1.165) is 16.2 Å². The first kappa shape index (κ1) is 10.9. The molecule has 0 aliphatic rings. The van der Waals surface area contributed by atoms with E-state index in [4.69, 9.17) is 0 Å². The fourth-order valence-corrected chi connectivity index (χ4v) is 2.69. The van der Waals surface area contributed by atoms with Gasteiger partial charge in [-0.1, -0.05) is 18.2 Å². The molecule has 0 fully saturated rings. The molecule has 4 aromatic rings. The topological polar surface area (TPSA) is 68.0 Å². The zero-order chi connectivity index (χ0) is 13.7. The summed E-state index contributed by atoms with van der Waals surface area (Å²) in [5.41, 5.74) is 1.86. The molecule has 0 atom stereocenters. The Hall–Kier alpha value is -2.95. The summed E-state index contributed by atoms with van der Waals surface area (Å²) in [5, 5.41) is 12.1. The molecule has 1 N–H and O–H groups in total. The fourth-order valence-electron chi connectivity index (χ4n) is 2.69. The molecule has 96 valence electrons. The van der Waals surface area contributed by atoms with Gasteiger partial charge >= 0.3 is 6.09 Å². The van der Waals surface area contributed by atoms with Crippen molar-refractivity contribution in [1.82, 2.24) is 14.5 Å². The quantitative estimate of drug-likeness (QED) is 0.528. The zero-order valence-electron chi connectivity index (χ0n) is 10.3. The molecular formula is C15H9N3O2. The minimum atomic E-state index is -1.01. The molecule has 5 heteroatoms. The molecule has 0 saturated heterocycles. The average Bonchev–Trinajstić information content (AvgIpc) is 2.82. The molecule has 5 nitrogen and oxygen atoms in total. The highest BCUT2D eigenvalue weighted by molar-refractivity contribution is 6.21. The molecule has 0 unspecified atom stereocenters. The summed E-state index contributed by atoms with van der Waals surface area (Å²) >= 11 is 0. The second-order valence-electron chi connectivity index (χ2n) is 4.53. The molecule has 0 aliphatic carbocycles. The van der Waals surface area contributed by atoms with Crippen molar-refractivity contribution in [3.05, 3.63) is 48.8 Å². The first-order chi connectivity index (χ1) is 9.77. The van der Waals surface area contributed by atoms with E-state index in [9.17, 15) is 9.90 Å². The van der Waals surface area contributed by atoms with Crippen molar-refractivity contribution in [3.63, 3.8) is 0 Å². The molecule has 20 heavy (non-hydrogen) atoms. The van der Waals surface area contributed by atoms with E-state index in [1.54, 1.807) is 18.5 Å². The van der Waals surface area contributed by atoms with Gasteiger partial charge in [0.15, 0.2) is 5.65 Å². The molecular weight excluding hydrogens is 254 g/mol. The van der Waals surface area contributed by atoms with Crippen molar-refractivity contribution < 1.29 is 9.90 Å². The number of hydrogen-bond acceptors (Lipinski definition) is 3. The third-order valence-electron chi connectivity index (χ3n) is 3.47. The van der Waals surface area contributed by atoms with Crippen molar-refractivity contribution in [2.75, 3.05) is 0 Å². The van der Waals surface area contributed by atoms with Gasteiger partial charge in [-0.3, -0.25) is 0 Å². The number of rotatable bonds is 0. The molecule has 0 bridgehead atoms. The lowest BCUT2D eigenvalue weighted by Gasteiger charge is -2.00. The zero-order valence-corrected chi connectivity index (χ0v) is 10.3. The Kier molecular flexibility index (Phi) is 2.06. The van der Waals surface area contributed by atoms with E-state index >= 15 is 0 Å². The van der Waals surface area contributed by atoms with E-state index in [1.165, 1.54) is 4.57 Å². The smallest absolute Gasteiger partial charge is 0.416 e. The van der Waals surface area contributed by atoms with Crippen molar-refractivity contribution in [1.29, 1.82) is 0 Å². The Labute approximate surface area is 113 Å². The van der Waals surface area contributed by atoms with E-state index < -0.39 is 6.09 Å². The van der Waals surface area contributed by atoms with Gasteiger partial charge in [0.1, 0.15) is 0 Å². The predicted molar refractivity (Wildman–Crippen MR) is 76.0 cm³/mol. The lowest BCUT2D eigenvalue weighted by Crippen LogP contribution is -2.07. The van der Waals surface area contributed by atoms with Crippen LogP contribution in [0.1, 0.15) is 0 Å². The van der Waals surface area contributed by atoms with Crippen molar-refractivity contribution in [2.24, 2.45) is 0 Å². The lowest BCUT2D eigenvalue weighted by atomic mass is 10.1. The normalized spacial score (nSPS) is 11.4. The van der Waals surface area contributed by atoms with Crippen LogP contribution in [0, 0.1) is 0 Å². The van der Waals surface area contributed by atoms with Crippen LogP contribution in [-0.2, 0) is 0 Å². The van der Waals surface area contributed by atoms with E-state index in [-0.39, 0.29) is 0 Å². The van der Waals surface area contributed by atoms with E-state index in [2.05, 4.69) is 9.97 Å². The molecule has 0 radical (unpaired) electrons. The highest BCUT2D eigenvalue weighted by Gasteiger charge is 2.17. The molecule has 3 aromatic heterocycles. The Morgan fingerprint density at radius 2 is 1.80 bits per heavy atom. The number of para-hydroxylation sites is 1. The largest absolute Gasteiger partial charge is 0.464 e. The molecule has 0 spiro atoms. The number of carboxylic acid groups (broad SMARTS) is 1. The monoisotopic (exact) mass is 263 g/mol. The molecule has 0 aliphatic heterocycles. The van der Waals surface area contributed by atoms with Crippen molar-refractivity contribution in [3.8, 4) is 0 Å². The van der Waals surface area contributed by atoms with Gasteiger partial charge in [-0.15, -0.1) is 0 Å². The first-order valence-corrected chi connectivity index (χ1v) is 6.13. The summed E-state index contributed by atoms with van der Waals surface area (Å²) in [6, 6.07) is 11.2. The van der Waals surface area contributed by atoms with Crippen LogP contribution in [0.5, 0.6) is 0 Å². The molecule has 1 aromatic carbocycles. The highest BCUT2D eigenvalue weighted by Crippen LogP contribution is 2.32. The van der Waals surface area contributed by atoms with Crippen molar-refractivity contribution >= 4 is 38.9 Å². The average molecular weight is 263 g/mol. The maximum absolute atomic E-state index is 11.5. The van der Waals surface area contributed by atoms with Gasteiger partial charge in [0, 0.05) is 22.4 Å². The highest BCUT2D eigenvalue weighted by atomic mass is 16.4. The molecule has 0 saturated carbocycles. The standard InChI is InChI=1S/C15H9N3O2/c19-15(20)18-11-6-2-1-4-9(11)13-10-5-3-7-16-14(10)17-8-12(13)18/h1-8H,(H,19,20). The number of hydrogen-bond donors (Lipinski definition) is 1. The van der Waals surface area contributed by atoms with E-state index in [1.807, 2.05) is 30.3 Å². The van der Waals surface area contributed by atoms with Gasteiger partial charge in [-0.25, -0.2) is 19.3 Å². The van der Waals surface area contributed by atoms with Gasteiger partial charge < -0.3 is 5.11 Å². The van der Waals surface area contributed by atoms with Crippen LogP contribution >= 0.6 is 0 Å². The number of carbonyl (C=O) groups is 1.